The molecule has 3 rings (SSSR count). The van der Waals surface area contributed by atoms with Crippen LogP contribution in [0.25, 0.3) is 0 Å². The summed E-state index contributed by atoms with van der Waals surface area (Å²) in [6.07, 6.45) is 12.6. The smallest absolute Gasteiger partial charge is 0.255 e. The molecule has 3 nitrogen and oxygen atoms in total. The first-order valence-corrected chi connectivity index (χ1v) is 9.77. The van der Waals surface area contributed by atoms with Crippen LogP contribution in [-0.2, 0) is 0 Å². The lowest BCUT2D eigenvalue weighted by Crippen LogP contribution is -2.40. The van der Waals surface area contributed by atoms with Crippen molar-refractivity contribution in [2.24, 2.45) is 0 Å². The van der Waals surface area contributed by atoms with Gasteiger partial charge < -0.3 is 9.80 Å². The molecule has 2 aliphatic carbocycles. The van der Waals surface area contributed by atoms with Gasteiger partial charge in [0.2, 0.25) is 0 Å². The lowest BCUT2D eigenvalue weighted by atomic mass is 9.93. The van der Waals surface area contributed by atoms with E-state index < -0.39 is 0 Å². The minimum Gasteiger partial charge on any atom is -0.371 e. The Balaban J connectivity index is 1.78. The van der Waals surface area contributed by atoms with Gasteiger partial charge in [0, 0.05) is 31.9 Å². The third kappa shape index (κ3) is 3.76. The monoisotopic (exact) mass is 328 g/mol. The van der Waals surface area contributed by atoms with E-state index in [1.54, 1.807) is 0 Å². The SMILES string of the molecule is CN(C(=O)c1ccccc1N(C)C1CCCCC1)C1CCCCC1. The lowest BCUT2D eigenvalue weighted by Gasteiger charge is -2.36. The van der Waals surface area contributed by atoms with E-state index >= 15 is 0 Å². The maximum absolute atomic E-state index is 13.2. The van der Waals surface area contributed by atoms with Crippen LogP contribution in [0.3, 0.4) is 0 Å². The first-order valence-electron chi connectivity index (χ1n) is 9.77. The summed E-state index contributed by atoms with van der Waals surface area (Å²) < 4.78 is 0. The van der Waals surface area contributed by atoms with Crippen molar-refractivity contribution in [3.8, 4) is 0 Å². The molecule has 2 fully saturated rings. The van der Waals surface area contributed by atoms with Gasteiger partial charge in [-0.1, -0.05) is 50.7 Å². The quantitative estimate of drug-likeness (QED) is 0.788. The van der Waals surface area contributed by atoms with E-state index in [-0.39, 0.29) is 5.91 Å². The van der Waals surface area contributed by atoms with Crippen LogP contribution < -0.4 is 4.90 Å². The number of hydrogen-bond donors (Lipinski definition) is 0. The summed E-state index contributed by atoms with van der Waals surface area (Å²) >= 11 is 0. The van der Waals surface area contributed by atoms with Crippen LogP contribution in [0.4, 0.5) is 5.69 Å². The number of anilines is 1. The fourth-order valence-electron chi connectivity index (χ4n) is 4.45. The van der Waals surface area contributed by atoms with Gasteiger partial charge in [-0.05, 0) is 37.8 Å². The molecule has 0 aromatic heterocycles. The van der Waals surface area contributed by atoms with Crippen molar-refractivity contribution in [2.75, 3.05) is 19.0 Å². The molecule has 0 spiro atoms. The second-order valence-corrected chi connectivity index (χ2v) is 7.63. The zero-order valence-electron chi connectivity index (χ0n) is 15.3. The second-order valence-electron chi connectivity index (χ2n) is 7.63. The Morgan fingerprint density at radius 3 is 2.00 bits per heavy atom. The largest absolute Gasteiger partial charge is 0.371 e. The molecule has 0 bridgehead atoms. The minimum absolute atomic E-state index is 0.195. The Hall–Kier alpha value is -1.51. The highest BCUT2D eigenvalue weighted by Gasteiger charge is 2.27. The third-order valence-electron chi connectivity index (χ3n) is 6.08. The number of benzene rings is 1. The fraction of sp³-hybridized carbons (Fsp3) is 0.667. The molecule has 0 N–H and O–H groups in total. The van der Waals surface area contributed by atoms with Gasteiger partial charge in [0.25, 0.3) is 5.91 Å². The van der Waals surface area contributed by atoms with Crippen molar-refractivity contribution in [2.45, 2.75) is 76.3 Å². The number of hydrogen-bond acceptors (Lipinski definition) is 2. The van der Waals surface area contributed by atoms with Gasteiger partial charge >= 0.3 is 0 Å². The van der Waals surface area contributed by atoms with Crippen LogP contribution in [0.15, 0.2) is 24.3 Å². The number of nitrogens with zero attached hydrogens (tertiary/aromatic N) is 2. The molecule has 0 atom stereocenters. The van der Waals surface area contributed by atoms with Gasteiger partial charge in [-0.3, -0.25) is 4.79 Å². The summed E-state index contributed by atoms with van der Waals surface area (Å²) in [7, 11) is 4.17. The number of rotatable bonds is 4. The van der Waals surface area contributed by atoms with Crippen LogP contribution in [-0.4, -0.2) is 37.0 Å². The minimum atomic E-state index is 0.195. The van der Waals surface area contributed by atoms with E-state index in [1.807, 2.05) is 24.1 Å². The maximum Gasteiger partial charge on any atom is 0.255 e. The van der Waals surface area contributed by atoms with Gasteiger partial charge in [-0.15, -0.1) is 0 Å². The predicted molar refractivity (Wildman–Crippen MR) is 101 cm³/mol. The van der Waals surface area contributed by atoms with E-state index in [0.29, 0.717) is 12.1 Å². The molecule has 0 aliphatic heterocycles. The van der Waals surface area contributed by atoms with Crippen molar-refractivity contribution < 1.29 is 4.79 Å². The Morgan fingerprint density at radius 2 is 1.38 bits per heavy atom. The number of amides is 1. The van der Waals surface area contributed by atoms with E-state index in [9.17, 15) is 4.79 Å². The molecular weight excluding hydrogens is 296 g/mol. The highest BCUT2D eigenvalue weighted by Crippen LogP contribution is 2.30. The Labute approximate surface area is 147 Å². The highest BCUT2D eigenvalue weighted by atomic mass is 16.2. The number of para-hydroxylation sites is 1. The molecule has 0 radical (unpaired) electrons. The fourth-order valence-corrected chi connectivity index (χ4v) is 4.45. The Bertz CT molecular complexity index is 545. The summed E-state index contributed by atoms with van der Waals surface area (Å²) in [4.78, 5) is 17.5. The van der Waals surface area contributed by atoms with Crippen LogP contribution >= 0.6 is 0 Å². The Morgan fingerprint density at radius 1 is 0.833 bits per heavy atom. The van der Waals surface area contributed by atoms with E-state index in [2.05, 4.69) is 24.1 Å². The van der Waals surface area contributed by atoms with Gasteiger partial charge in [0.05, 0.1) is 5.56 Å². The molecule has 1 aromatic carbocycles. The molecule has 0 saturated heterocycles. The van der Waals surface area contributed by atoms with Crippen LogP contribution in [0.5, 0.6) is 0 Å². The molecule has 1 aromatic rings. The average Bonchev–Trinajstić information content (AvgIpc) is 2.67. The van der Waals surface area contributed by atoms with E-state index in [4.69, 9.17) is 0 Å². The molecule has 3 heteroatoms. The molecule has 24 heavy (non-hydrogen) atoms. The zero-order valence-corrected chi connectivity index (χ0v) is 15.3. The van der Waals surface area contributed by atoms with Gasteiger partial charge in [-0.2, -0.15) is 0 Å². The summed E-state index contributed by atoms with van der Waals surface area (Å²) in [5, 5.41) is 0. The summed E-state index contributed by atoms with van der Waals surface area (Å²) in [5.74, 6) is 0.195. The summed E-state index contributed by atoms with van der Waals surface area (Å²) in [6.45, 7) is 0. The molecule has 132 valence electrons. The van der Waals surface area contributed by atoms with E-state index in [0.717, 1.165) is 24.1 Å². The van der Waals surface area contributed by atoms with E-state index in [1.165, 1.54) is 51.4 Å². The van der Waals surface area contributed by atoms with Gasteiger partial charge in [0.15, 0.2) is 0 Å². The van der Waals surface area contributed by atoms with Crippen molar-refractivity contribution in [1.29, 1.82) is 0 Å². The molecule has 0 heterocycles. The lowest BCUT2D eigenvalue weighted by molar-refractivity contribution is 0.0697. The summed E-state index contributed by atoms with van der Waals surface area (Å²) in [5.41, 5.74) is 1.98. The van der Waals surface area contributed by atoms with Crippen LogP contribution in [0.1, 0.15) is 74.6 Å². The zero-order chi connectivity index (χ0) is 16.9. The first-order chi connectivity index (χ1) is 11.7. The molecular formula is C21H32N2O. The molecule has 2 aliphatic rings. The normalized spacial score (nSPS) is 19.9. The number of carbonyl (C=O) groups excluding carboxylic acids is 1. The topological polar surface area (TPSA) is 23.6 Å². The second kappa shape index (κ2) is 8.04. The van der Waals surface area contributed by atoms with Crippen molar-refractivity contribution >= 4 is 11.6 Å². The van der Waals surface area contributed by atoms with Crippen LogP contribution in [0.2, 0.25) is 0 Å². The summed E-state index contributed by atoms with van der Waals surface area (Å²) in [6, 6.07) is 9.19. The average molecular weight is 329 g/mol. The van der Waals surface area contributed by atoms with Crippen molar-refractivity contribution in [3.05, 3.63) is 29.8 Å². The predicted octanol–water partition coefficient (Wildman–Crippen LogP) is 4.86. The third-order valence-corrected chi connectivity index (χ3v) is 6.08. The number of carbonyl (C=O) groups is 1. The Kier molecular flexibility index (Phi) is 5.80. The standard InChI is InChI=1S/C21H32N2O/c1-22(17-11-5-3-6-12-17)20-16-10-9-15-19(20)21(24)23(2)18-13-7-4-8-14-18/h9-10,15-18H,3-8,11-14H2,1-2H3. The van der Waals surface area contributed by atoms with Crippen LogP contribution in [0, 0.1) is 0 Å². The molecule has 2 saturated carbocycles. The maximum atomic E-state index is 13.2. The highest BCUT2D eigenvalue weighted by molar-refractivity contribution is 5.99. The van der Waals surface area contributed by atoms with Crippen molar-refractivity contribution in [1.82, 2.24) is 4.90 Å². The van der Waals surface area contributed by atoms with Crippen molar-refractivity contribution in [3.63, 3.8) is 0 Å². The first kappa shape index (κ1) is 17.3. The molecule has 1 amide bonds. The molecule has 0 unspecified atom stereocenters. The van der Waals surface area contributed by atoms with Gasteiger partial charge in [-0.25, -0.2) is 0 Å². The van der Waals surface area contributed by atoms with Gasteiger partial charge in [0.1, 0.15) is 0 Å².